The highest BCUT2D eigenvalue weighted by Crippen LogP contribution is 2.29. The molecular weight excluding hydrogens is 725 g/mol. The van der Waals surface area contributed by atoms with Crippen LogP contribution >= 0.6 is 24.4 Å². The maximum atomic E-state index is 10.8. The van der Waals surface area contributed by atoms with Crippen molar-refractivity contribution in [1.82, 2.24) is 21.3 Å². The summed E-state index contributed by atoms with van der Waals surface area (Å²) in [5.74, 6) is -1.32. The fraction of sp³-hybridized carbons (Fsp3) is 0.902. The Hall–Kier alpha value is -1.32. The van der Waals surface area contributed by atoms with Gasteiger partial charge in [0.05, 0.1) is 18.8 Å². The fourth-order valence-electron chi connectivity index (χ4n) is 6.73. The van der Waals surface area contributed by atoms with Crippen LogP contribution in [0.25, 0.3) is 0 Å². The topological polar surface area (TPSA) is 168 Å². The monoisotopic (exact) mass is 805 g/mol. The Kier molecular flexibility index (Phi) is 30.7. The van der Waals surface area contributed by atoms with E-state index in [1.807, 2.05) is 6.92 Å². The van der Waals surface area contributed by atoms with E-state index in [4.69, 9.17) is 33.9 Å². The summed E-state index contributed by atoms with van der Waals surface area (Å²) in [5.41, 5.74) is 0.518. The lowest BCUT2D eigenvalue weighted by Crippen LogP contribution is -2.59. The average Bonchev–Trinajstić information content (AvgIpc) is 3.16. The summed E-state index contributed by atoms with van der Waals surface area (Å²) in [6.45, 7) is 9.97. The Morgan fingerprint density at radius 2 is 1.09 bits per heavy atom. The molecule has 0 spiro atoms. The standard InChI is InChI=1S/C41H80N4O7S2/c1-5-7-9-11-13-15-17-19-21-23-26-42-40(53)44-28-25-31(3)32(4)35(47)38(50)52-39-37(49)36(48)33(30-46)34(51-39)29-45-41(54)43-27-24-22-20-18-16-14-12-10-8-6-2/h31,33-34,36-39,46-50H,5-30H2,1-4H3,(H2,42,44,53)(H2,43,45,54)/t31-,33-,34?,36?,37?,38-,39?/m1/s1. The molecule has 0 amide bonds. The molecule has 1 saturated heterocycles. The third kappa shape index (κ3) is 23.0. The zero-order chi connectivity index (χ0) is 40.0. The van der Waals surface area contributed by atoms with Crippen LogP contribution in [0.3, 0.4) is 0 Å². The van der Waals surface area contributed by atoms with Crippen LogP contribution in [0.2, 0.25) is 0 Å². The molecule has 1 fully saturated rings. The molecule has 0 aromatic rings. The summed E-state index contributed by atoms with van der Waals surface area (Å²) in [7, 11) is 0. The van der Waals surface area contributed by atoms with Crippen LogP contribution in [-0.2, 0) is 9.47 Å². The van der Waals surface area contributed by atoms with Gasteiger partial charge in [-0.2, -0.15) is 0 Å². The molecule has 4 unspecified atom stereocenters. The fourth-order valence-corrected chi connectivity index (χ4v) is 7.12. The second-order valence-corrected chi connectivity index (χ2v) is 16.1. The first-order valence-electron chi connectivity index (χ1n) is 21.5. The van der Waals surface area contributed by atoms with E-state index >= 15 is 0 Å². The molecule has 318 valence electrons. The Bertz CT molecular complexity index is 995. The normalized spacial score (nSPS) is 21.6. The van der Waals surface area contributed by atoms with Gasteiger partial charge < -0.3 is 56.3 Å². The molecule has 1 rings (SSSR count). The lowest BCUT2D eigenvalue weighted by molar-refractivity contribution is -0.319. The van der Waals surface area contributed by atoms with E-state index in [1.54, 1.807) is 6.92 Å². The van der Waals surface area contributed by atoms with Crippen LogP contribution in [-0.4, -0.2) is 99.4 Å². The van der Waals surface area contributed by atoms with Gasteiger partial charge in [-0.25, -0.2) is 0 Å². The number of aliphatic hydroxyl groups excluding tert-OH is 5. The SMILES string of the molecule is CCCCCCCCCCCCNC(=S)NCC[C@@H](C)C(C)=C(O)[C@H](O)OC1OC(CNC(=S)NCCCCCCCCCCCC)[C@@H](CO)C(O)C1O. The summed E-state index contributed by atoms with van der Waals surface area (Å²) in [6, 6.07) is 0. The van der Waals surface area contributed by atoms with Crippen molar-refractivity contribution in [3.8, 4) is 0 Å². The van der Waals surface area contributed by atoms with Crippen LogP contribution in [0.5, 0.6) is 0 Å². The molecule has 0 radical (unpaired) electrons. The quantitative estimate of drug-likeness (QED) is 0.0148. The van der Waals surface area contributed by atoms with Crippen molar-refractivity contribution in [3.63, 3.8) is 0 Å². The number of thiocarbonyl (C=S) groups is 2. The Balaban J connectivity index is 2.39. The molecule has 1 aliphatic heterocycles. The molecule has 1 heterocycles. The molecule has 54 heavy (non-hydrogen) atoms. The molecular formula is C41H80N4O7S2. The molecule has 0 aromatic carbocycles. The molecule has 1 aliphatic rings. The largest absolute Gasteiger partial charge is 0.507 e. The molecule has 0 aromatic heterocycles. The van der Waals surface area contributed by atoms with Gasteiger partial charge in [0.15, 0.2) is 16.5 Å². The van der Waals surface area contributed by atoms with E-state index in [0.29, 0.717) is 28.8 Å². The van der Waals surface area contributed by atoms with Gasteiger partial charge in [-0.1, -0.05) is 136 Å². The summed E-state index contributed by atoms with van der Waals surface area (Å²) < 4.78 is 11.4. The van der Waals surface area contributed by atoms with Crippen LogP contribution in [0.1, 0.15) is 163 Å². The predicted molar refractivity (Wildman–Crippen MR) is 228 cm³/mol. The smallest absolute Gasteiger partial charge is 0.216 e. The van der Waals surface area contributed by atoms with Crippen molar-refractivity contribution in [3.05, 3.63) is 11.3 Å². The lowest BCUT2D eigenvalue weighted by Gasteiger charge is -2.42. The van der Waals surface area contributed by atoms with E-state index in [9.17, 15) is 25.5 Å². The first-order chi connectivity index (χ1) is 26.1. The van der Waals surface area contributed by atoms with Gasteiger partial charge in [-0.3, -0.25) is 0 Å². The highest BCUT2D eigenvalue weighted by Gasteiger charge is 2.45. The van der Waals surface area contributed by atoms with E-state index in [-0.39, 0.29) is 18.2 Å². The predicted octanol–water partition coefficient (Wildman–Crippen LogP) is 7.00. The third-order valence-corrected chi connectivity index (χ3v) is 11.2. The Morgan fingerprint density at radius 3 is 1.56 bits per heavy atom. The molecule has 0 saturated carbocycles. The molecule has 0 aliphatic carbocycles. The number of nitrogens with one attached hydrogen (secondary N) is 4. The van der Waals surface area contributed by atoms with Crippen molar-refractivity contribution in [1.29, 1.82) is 0 Å². The summed E-state index contributed by atoms with van der Waals surface area (Å²) in [5, 5.41) is 66.8. The molecule has 13 heteroatoms. The number of ether oxygens (including phenoxy) is 2. The van der Waals surface area contributed by atoms with E-state index in [2.05, 4.69) is 35.1 Å². The maximum Gasteiger partial charge on any atom is 0.216 e. The Morgan fingerprint density at radius 1 is 0.667 bits per heavy atom. The van der Waals surface area contributed by atoms with E-state index in [1.165, 1.54) is 109 Å². The van der Waals surface area contributed by atoms with Gasteiger partial charge in [0, 0.05) is 32.1 Å². The van der Waals surface area contributed by atoms with Crippen LogP contribution in [0.4, 0.5) is 0 Å². The first kappa shape index (κ1) is 50.7. The van der Waals surface area contributed by atoms with Gasteiger partial charge in [-0.05, 0) is 62.1 Å². The zero-order valence-corrected chi connectivity index (χ0v) is 35.9. The van der Waals surface area contributed by atoms with E-state index in [0.717, 1.165) is 32.4 Å². The van der Waals surface area contributed by atoms with Gasteiger partial charge in [0.2, 0.25) is 6.29 Å². The third-order valence-electron chi connectivity index (χ3n) is 10.7. The van der Waals surface area contributed by atoms with Gasteiger partial charge >= 0.3 is 0 Å². The van der Waals surface area contributed by atoms with Gasteiger partial charge in [0.25, 0.3) is 0 Å². The summed E-state index contributed by atoms with van der Waals surface area (Å²) >= 11 is 10.8. The van der Waals surface area contributed by atoms with Crippen molar-refractivity contribution >= 4 is 34.7 Å². The minimum absolute atomic E-state index is 0.118. The molecule has 11 nitrogen and oxygen atoms in total. The summed E-state index contributed by atoms with van der Waals surface area (Å²) in [6.07, 6.45) is 19.1. The molecule has 7 atom stereocenters. The average molecular weight is 805 g/mol. The van der Waals surface area contributed by atoms with Crippen LogP contribution in [0.15, 0.2) is 11.3 Å². The number of allylic oxidation sites excluding steroid dienone is 1. The van der Waals surface area contributed by atoms with Crippen molar-refractivity contribution in [2.24, 2.45) is 11.8 Å². The Labute approximate surface area is 339 Å². The van der Waals surface area contributed by atoms with Gasteiger partial charge in [0.1, 0.15) is 11.9 Å². The minimum atomic E-state index is -1.79. The van der Waals surface area contributed by atoms with Gasteiger partial charge in [-0.15, -0.1) is 0 Å². The van der Waals surface area contributed by atoms with Crippen molar-refractivity contribution in [2.45, 2.75) is 193 Å². The first-order valence-corrected chi connectivity index (χ1v) is 22.3. The number of rotatable bonds is 32. The number of unbranched alkanes of at least 4 members (excludes halogenated alkanes) is 18. The van der Waals surface area contributed by atoms with Crippen molar-refractivity contribution in [2.75, 3.05) is 32.8 Å². The second kappa shape index (κ2) is 32.7. The van der Waals surface area contributed by atoms with Crippen LogP contribution < -0.4 is 21.3 Å². The zero-order valence-electron chi connectivity index (χ0n) is 34.3. The van der Waals surface area contributed by atoms with Crippen LogP contribution in [0, 0.1) is 11.8 Å². The minimum Gasteiger partial charge on any atom is -0.507 e. The lowest BCUT2D eigenvalue weighted by atomic mass is 9.89. The second-order valence-electron chi connectivity index (χ2n) is 15.3. The molecule has 9 N–H and O–H groups in total. The molecule has 0 bridgehead atoms. The van der Waals surface area contributed by atoms with Crippen molar-refractivity contribution < 1.29 is 35.0 Å². The maximum absolute atomic E-state index is 10.8. The summed E-state index contributed by atoms with van der Waals surface area (Å²) in [4.78, 5) is 0. The number of hydrogen-bond donors (Lipinski definition) is 9. The number of aliphatic hydroxyl groups is 5. The van der Waals surface area contributed by atoms with E-state index < -0.39 is 43.4 Å². The number of hydrogen-bond acceptors (Lipinski definition) is 9. The highest BCUT2D eigenvalue weighted by molar-refractivity contribution is 7.80. The highest BCUT2D eigenvalue weighted by atomic mass is 32.1.